The fraction of sp³-hybridized carbons (Fsp3) is 0.556. The second kappa shape index (κ2) is 7.27. The second-order valence-corrected chi connectivity index (χ2v) is 10.1. The number of nitrogens with one attached hydrogen (secondary N) is 2. The first-order valence-corrected chi connectivity index (χ1v) is 10.6. The molecule has 0 aromatic carbocycles. The fourth-order valence-electron chi connectivity index (χ4n) is 3.01. The maximum Gasteiger partial charge on any atom is 0.321 e. The van der Waals surface area contributed by atoms with E-state index in [4.69, 9.17) is 0 Å². The molecule has 9 heteroatoms. The predicted octanol–water partition coefficient (Wildman–Crippen LogP) is 2.59. The third-order valence-electron chi connectivity index (χ3n) is 4.28. The van der Waals surface area contributed by atoms with Crippen molar-refractivity contribution in [3.63, 3.8) is 0 Å². The van der Waals surface area contributed by atoms with E-state index >= 15 is 0 Å². The Balaban J connectivity index is 1.78. The second-order valence-electron chi connectivity index (χ2n) is 7.75. The molecule has 0 spiro atoms. The molecular formula is C18H24N4O3S2. The minimum absolute atomic E-state index is 0.0695. The Labute approximate surface area is 165 Å². The smallest absolute Gasteiger partial charge is 0.321 e. The molecule has 0 fully saturated rings. The van der Waals surface area contributed by atoms with Gasteiger partial charge in [-0.2, -0.15) is 0 Å². The number of hydrogen-bond acceptors (Lipinski definition) is 6. The van der Waals surface area contributed by atoms with Gasteiger partial charge in [-0.25, -0.2) is 9.78 Å². The molecule has 2 aromatic heterocycles. The van der Waals surface area contributed by atoms with Gasteiger partial charge in [0, 0.05) is 17.5 Å². The van der Waals surface area contributed by atoms with Crippen molar-refractivity contribution < 1.29 is 9.59 Å². The SMILES string of the molecule is CC(Sc1nc2sc3c(c2c(=O)n1C)CCC3)C(=O)NC(=O)NC(C)(C)C. The van der Waals surface area contributed by atoms with Crippen LogP contribution in [0.25, 0.3) is 10.2 Å². The monoisotopic (exact) mass is 408 g/mol. The van der Waals surface area contributed by atoms with E-state index in [1.807, 2.05) is 20.8 Å². The molecular weight excluding hydrogens is 384 g/mol. The molecule has 0 saturated heterocycles. The number of aromatic nitrogens is 2. The predicted molar refractivity (Wildman–Crippen MR) is 109 cm³/mol. The Bertz CT molecular complexity index is 972. The quantitative estimate of drug-likeness (QED) is 0.601. The van der Waals surface area contributed by atoms with E-state index in [0.29, 0.717) is 5.16 Å². The number of thiophene rings is 1. The number of nitrogens with zero attached hydrogens (tertiary/aromatic N) is 2. The molecule has 146 valence electrons. The van der Waals surface area contributed by atoms with E-state index in [-0.39, 0.29) is 5.56 Å². The van der Waals surface area contributed by atoms with E-state index in [1.54, 1.807) is 25.3 Å². The number of urea groups is 1. The van der Waals surface area contributed by atoms with Crippen molar-refractivity contribution in [2.45, 2.75) is 62.9 Å². The maximum absolute atomic E-state index is 12.8. The summed E-state index contributed by atoms with van der Waals surface area (Å²) in [6.45, 7) is 7.20. The highest BCUT2D eigenvalue weighted by atomic mass is 32.2. The van der Waals surface area contributed by atoms with Gasteiger partial charge in [0.2, 0.25) is 5.91 Å². The number of imide groups is 1. The first kappa shape index (κ1) is 19.9. The van der Waals surface area contributed by atoms with Gasteiger partial charge >= 0.3 is 6.03 Å². The van der Waals surface area contributed by atoms with Crippen LogP contribution in [0.2, 0.25) is 0 Å². The van der Waals surface area contributed by atoms with Gasteiger partial charge in [0.05, 0.1) is 10.6 Å². The lowest BCUT2D eigenvalue weighted by atomic mass is 10.1. The molecule has 7 nitrogen and oxygen atoms in total. The van der Waals surface area contributed by atoms with E-state index in [2.05, 4.69) is 15.6 Å². The van der Waals surface area contributed by atoms with E-state index < -0.39 is 22.7 Å². The largest absolute Gasteiger partial charge is 0.333 e. The molecule has 0 aliphatic heterocycles. The number of aryl methyl sites for hydroxylation is 2. The number of fused-ring (bicyclic) bond motifs is 3. The lowest BCUT2D eigenvalue weighted by Crippen LogP contribution is -2.49. The molecule has 0 saturated carbocycles. The third-order valence-corrected chi connectivity index (χ3v) is 6.61. The molecule has 27 heavy (non-hydrogen) atoms. The minimum atomic E-state index is -0.571. The number of rotatable bonds is 3. The van der Waals surface area contributed by atoms with Gasteiger partial charge < -0.3 is 5.32 Å². The van der Waals surface area contributed by atoms with Crippen LogP contribution in [0, 0.1) is 0 Å². The minimum Gasteiger partial charge on any atom is -0.333 e. The molecule has 1 unspecified atom stereocenters. The van der Waals surface area contributed by atoms with E-state index in [9.17, 15) is 14.4 Å². The van der Waals surface area contributed by atoms with Crippen molar-refractivity contribution in [2.24, 2.45) is 7.05 Å². The first-order valence-electron chi connectivity index (χ1n) is 8.88. The first-order chi connectivity index (χ1) is 12.6. The van der Waals surface area contributed by atoms with Gasteiger partial charge in [-0.05, 0) is 52.5 Å². The summed E-state index contributed by atoms with van der Waals surface area (Å²) in [5.41, 5.74) is 0.640. The van der Waals surface area contributed by atoms with Crippen LogP contribution in [0.5, 0.6) is 0 Å². The van der Waals surface area contributed by atoms with Crippen LogP contribution < -0.4 is 16.2 Å². The number of thioether (sulfide) groups is 1. The molecule has 1 atom stereocenters. The zero-order valence-corrected chi connectivity index (χ0v) is 17.8. The Kier molecular flexibility index (Phi) is 5.36. The summed E-state index contributed by atoms with van der Waals surface area (Å²) in [5, 5.41) is 5.65. The van der Waals surface area contributed by atoms with Gasteiger partial charge in [0.25, 0.3) is 5.56 Å². The maximum atomic E-state index is 12.8. The summed E-state index contributed by atoms with van der Waals surface area (Å²) in [4.78, 5) is 43.6. The highest BCUT2D eigenvalue weighted by Gasteiger charge is 2.25. The van der Waals surface area contributed by atoms with Crippen molar-refractivity contribution in [2.75, 3.05) is 0 Å². The number of carbonyl (C=O) groups excluding carboxylic acids is 2. The van der Waals surface area contributed by atoms with Crippen LogP contribution in [0.4, 0.5) is 4.79 Å². The summed E-state index contributed by atoms with van der Waals surface area (Å²) < 4.78 is 1.50. The number of carbonyl (C=O) groups is 2. The van der Waals surface area contributed by atoms with Crippen molar-refractivity contribution in [1.29, 1.82) is 0 Å². The van der Waals surface area contributed by atoms with Crippen molar-refractivity contribution in [1.82, 2.24) is 20.2 Å². The van der Waals surface area contributed by atoms with Crippen molar-refractivity contribution in [3.05, 3.63) is 20.8 Å². The molecule has 3 amide bonds. The Morgan fingerprint density at radius 3 is 2.67 bits per heavy atom. The summed E-state index contributed by atoms with van der Waals surface area (Å²) in [6, 6.07) is -0.535. The summed E-state index contributed by atoms with van der Waals surface area (Å²) >= 11 is 2.75. The lowest BCUT2D eigenvalue weighted by Gasteiger charge is -2.21. The Hall–Kier alpha value is -1.87. The molecule has 2 aromatic rings. The van der Waals surface area contributed by atoms with Crippen LogP contribution in [-0.2, 0) is 24.7 Å². The van der Waals surface area contributed by atoms with Crippen LogP contribution in [0.3, 0.4) is 0 Å². The lowest BCUT2D eigenvalue weighted by molar-refractivity contribution is -0.119. The van der Waals surface area contributed by atoms with Gasteiger partial charge in [-0.1, -0.05) is 11.8 Å². The number of amides is 3. The molecule has 2 heterocycles. The summed E-state index contributed by atoms with van der Waals surface area (Å²) in [6.07, 6.45) is 3.02. The van der Waals surface area contributed by atoms with Gasteiger partial charge in [0.1, 0.15) is 4.83 Å². The summed E-state index contributed by atoms with van der Waals surface area (Å²) in [5.74, 6) is -0.426. The van der Waals surface area contributed by atoms with Crippen LogP contribution in [-0.4, -0.2) is 32.3 Å². The highest BCUT2D eigenvalue weighted by molar-refractivity contribution is 8.00. The Morgan fingerprint density at radius 1 is 1.30 bits per heavy atom. The average molecular weight is 409 g/mol. The van der Waals surface area contributed by atoms with Gasteiger partial charge in [-0.15, -0.1) is 11.3 Å². The van der Waals surface area contributed by atoms with Crippen LogP contribution in [0.1, 0.15) is 44.6 Å². The summed E-state index contributed by atoms with van der Waals surface area (Å²) in [7, 11) is 1.67. The van der Waals surface area contributed by atoms with Crippen molar-refractivity contribution in [3.8, 4) is 0 Å². The molecule has 2 N–H and O–H groups in total. The molecule has 1 aliphatic carbocycles. The van der Waals surface area contributed by atoms with Crippen molar-refractivity contribution >= 4 is 45.3 Å². The zero-order valence-electron chi connectivity index (χ0n) is 16.1. The average Bonchev–Trinajstić information content (AvgIpc) is 3.10. The Morgan fingerprint density at radius 2 is 2.00 bits per heavy atom. The highest BCUT2D eigenvalue weighted by Crippen LogP contribution is 2.35. The molecule has 3 rings (SSSR count). The van der Waals surface area contributed by atoms with Crippen LogP contribution in [0.15, 0.2) is 9.95 Å². The zero-order chi connectivity index (χ0) is 19.9. The molecule has 1 aliphatic rings. The van der Waals surface area contributed by atoms with Gasteiger partial charge in [0.15, 0.2) is 5.16 Å². The third kappa shape index (κ3) is 4.19. The topological polar surface area (TPSA) is 93.1 Å². The van der Waals surface area contributed by atoms with E-state index in [0.717, 1.165) is 35.0 Å². The molecule has 0 radical (unpaired) electrons. The molecule has 0 bridgehead atoms. The fourth-order valence-corrected chi connectivity index (χ4v) is 5.18. The standard InChI is InChI=1S/C18H24N4O3S2/c1-9(13(23)19-16(25)21-18(2,3)4)26-17-20-14-12(15(24)22(17)5)10-7-6-8-11(10)27-14/h9H,6-8H2,1-5H3,(H2,19,21,23,25). The van der Waals surface area contributed by atoms with E-state index in [1.165, 1.54) is 21.2 Å². The normalized spacial score (nSPS) is 14.9. The number of hydrogen-bond donors (Lipinski definition) is 2. The van der Waals surface area contributed by atoms with Gasteiger partial charge in [-0.3, -0.25) is 19.5 Å². The van der Waals surface area contributed by atoms with Crippen LogP contribution >= 0.6 is 23.1 Å².